The number of hydrogen-bond acceptors (Lipinski definition) is 4. The second kappa shape index (κ2) is 4.43. The summed E-state index contributed by atoms with van der Waals surface area (Å²) in [6, 6.07) is 0. The minimum Gasteiger partial charge on any atom is -0.392 e. The summed E-state index contributed by atoms with van der Waals surface area (Å²) in [5.41, 5.74) is 2.84. The van der Waals surface area contributed by atoms with Crippen LogP contribution in [0, 0.1) is 0 Å². The highest BCUT2D eigenvalue weighted by Gasteiger charge is 1.96. The lowest BCUT2D eigenvalue weighted by molar-refractivity contribution is 0.191. The Labute approximate surface area is 70.1 Å². The molecule has 1 rings (SSSR count). The monoisotopic (exact) mass is 172 g/mol. The molecule has 11 heavy (non-hydrogen) atoms. The molecule has 0 unspecified atom stereocenters. The van der Waals surface area contributed by atoms with E-state index in [2.05, 4.69) is 10.3 Å². The molecule has 0 aliphatic carbocycles. The summed E-state index contributed by atoms with van der Waals surface area (Å²) in [7, 11) is 0. The molecule has 0 saturated carbocycles. The van der Waals surface area contributed by atoms with E-state index in [0.29, 0.717) is 6.54 Å². The number of aliphatic hydroxyl groups is 1. The summed E-state index contributed by atoms with van der Waals surface area (Å²) in [5, 5.41) is 14.0. The van der Waals surface area contributed by atoms with Crippen LogP contribution in [-0.4, -0.2) is 22.7 Å². The van der Waals surface area contributed by atoms with Crippen LogP contribution >= 0.6 is 11.3 Å². The first-order chi connectivity index (χ1) is 5.29. The van der Waals surface area contributed by atoms with Crippen LogP contribution in [0.2, 0.25) is 0 Å². The van der Waals surface area contributed by atoms with Crippen LogP contribution in [0.3, 0.4) is 0 Å². The minimum atomic E-state index is -0.284. The molecule has 0 spiro atoms. The summed E-state index contributed by atoms with van der Waals surface area (Å²) < 4.78 is 0. The van der Waals surface area contributed by atoms with Crippen molar-refractivity contribution in [3.8, 4) is 0 Å². The third-order valence-electron chi connectivity index (χ3n) is 1.23. The Morgan fingerprint density at radius 2 is 2.64 bits per heavy atom. The molecule has 0 aliphatic rings. The van der Waals surface area contributed by atoms with Crippen molar-refractivity contribution in [1.82, 2.24) is 10.3 Å². The number of rotatable bonds is 4. The van der Waals surface area contributed by atoms with Crippen LogP contribution in [0.5, 0.6) is 0 Å². The first-order valence-electron chi connectivity index (χ1n) is 3.55. The molecule has 0 fully saturated rings. The van der Waals surface area contributed by atoms with Gasteiger partial charge in [0.25, 0.3) is 0 Å². The highest BCUT2D eigenvalue weighted by Crippen LogP contribution is 1.99. The smallest absolute Gasteiger partial charge is 0.0795 e. The number of hydrogen-bond donors (Lipinski definition) is 2. The van der Waals surface area contributed by atoms with Gasteiger partial charge in [0.2, 0.25) is 0 Å². The minimum absolute atomic E-state index is 0.284. The number of aromatic nitrogens is 1. The molecule has 4 heteroatoms. The Morgan fingerprint density at radius 3 is 3.18 bits per heavy atom. The highest BCUT2D eigenvalue weighted by atomic mass is 32.1. The van der Waals surface area contributed by atoms with E-state index in [4.69, 9.17) is 5.11 Å². The van der Waals surface area contributed by atoms with E-state index in [-0.39, 0.29) is 6.10 Å². The van der Waals surface area contributed by atoms with E-state index in [9.17, 15) is 0 Å². The van der Waals surface area contributed by atoms with Crippen LogP contribution in [0.15, 0.2) is 10.9 Å². The van der Waals surface area contributed by atoms with Crippen molar-refractivity contribution in [2.24, 2.45) is 0 Å². The first-order valence-corrected chi connectivity index (χ1v) is 4.49. The summed E-state index contributed by atoms with van der Waals surface area (Å²) in [6.45, 7) is 3.12. The zero-order valence-electron chi connectivity index (χ0n) is 6.45. The molecule has 1 atom stereocenters. The molecule has 0 saturated heterocycles. The Morgan fingerprint density at radius 1 is 1.82 bits per heavy atom. The van der Waals surface area contributed by atoms with E-state index in [1.54, 1.807) is 23.8 Å². The van der Waals surface area contributed by atoms with Gasteiger partial charge in [0.1, 0.15) is 0 Å². The van der Waals surface area contributed by atoms with Crippen LogP contribution in [0.1, 0.15) is 12.6 Å². The molecule has 3 nitrogen and oxygen atoms in total. The predicted molar refractivity (Wildman–Crippen MR) is 45.5 cm³/mol. The fraction of sp³-hybridized carbons (Fsp3) is 0.571. The predicted octanol–water partition coefficient (Wildman–Crippen LogP) is 0.614. The fourth-order valence-corrected chi connectivity index (χ4v) is 1.29. The van der Waals surface area contributed by atoms with Crippen molar-refractivity contribution < 1.29 is 5.11 Å². The van der Waals surface area contributed by atoms with Crippen molar-refractivity contribution in [3.63, 3.8) is 0 Å². The molecule has 0 amide bonds. The fourth-order valence-electron chi connectivity index (χ4n) is 0.734. The van der Waals surface area contributed by atoms with Gasteiger partial charge >= 0.3 is 0 Å². The summed E-state index contributed by atoms with van der Waals surface area (Å²) >= 11 is 1.58. The van der Waals surface area contributed by atoms with E-state index in [0.717, 1.165) is 12.2 Å². The Bertz CT molecular complexity index is 186. The van der Waals surface area contributed by atoms with Gasteiger partial charge in [-0.15, -0.1) is 11.3 Å². The van der Waals surface area contributed by atoms with Gasteiger partial charge < -0.3 is 10.4 Å². The SMILES string of the molecule is C[C@@H](O)CNCc1cscn1. The number of thiazole rings is 1. The van der Waals surface area contributed by atoms with Crippen molar-refractivity contribution in [3.05, 3.63) is 16.6 Å². The Kier molecular flexibility index (Phi) is 3.48. The lowest BCUT2D eigenvalue weighted by Gasteiger charge is -2.03. The van der Waals surface area contributed by atoms with Crippen LogP contribution in [0.25, 0.3) is 0 Å². The largest absolute Gasteiger partial charge is 0.392 e. The number of aliphatic hydroxyl groups excluding tert-OH is 1. The van der Waals surface area contributed by atoms with Gasteiger partial charge in [-0.3, -0.25) is 0 Å². The first kappa shape index (κ1) is 8.64. The zero-order valence-corrected chi connectivity index (χ0v) is 7.27. The molecule has 1 aromatic rings. The third kappa shape index (κ3) is 3.46. The summed E-state index contributed by atoms with van der Waals surface area (Å²) in [4.78, 5) is 4.09. The van der Waals surface area contributed by atoms with Crippen molar-refractivity contribution in [1.29, 1.82) is 0 Å². The summed E-state index contributed by atoms with van der Waals surface area (Å²) in [6.07, 6.45) is -0.284. The maximum Gasteiger partial charge on any atom is 0.0795 e. The van der Waals surface area contributed by atoms with Crippen molar-refractivity contribution >= 4 is 11.3 Å². The van der Waals surface area contributed by atoms with Crippen LogP contribution < -0.4 is 5.32 Å². The van der Waals surface area contributed by atoms with E-state index >= 15 is 0 Å². The van der Waals surface area contributed by atoms with Crippen LogP contribution in [-0.2, 0) is 6.54 Å². The second-order valence-electron chi connectivity index (χ2n) is 2.46. The number of nitrogens with one attached hydrogen (secondary N) is 1. The molecule has 1 heterocycles. The quantitative estimate of drug-likeness (QED) is 0.699. The van der Waals surface area contributed by atoms with Gasteiger partial charge in [0.05, 0.1) is 17.3 Å². The van der Waals surface area contributed by atoms with Gasteiger partial charge in [0.15, 0.2) is 0 Å². The van der Waals surface area contributed by atoms with Gasteiger partial charge in [-0.2, -0.15) is 0 Å². The molecule has 0 radical (unpaired) electrons. The second-order valence-corrected chi connectivity index (χ2v) is 3.18. The van der Waals surface area contributed by atoms with Crippen molar-refractivity contribution in [2.45, 2.75) is 19.6 Å². The van der Waals surface area contributed by atoms with Gasteiger partial charge in [-0.1, -0.05) is 0 Å². The molecule has 2 N–H and O–H groups in total. The highest BCUT2D eigenvalue weighted by molar-refractivity contribution is 7.07. The lowest BCUT2D eigenvalue weighted by atomic mass is 10.4. The molecular weight excluding hydrogens is 160 g/mol. The standard InChI is InChI=1S/C7H12N2OS/c1-6(10)2-8-3-7-4-11-5-9-7/h4-6,8,10H,2-3H2,1H3/t6-/m1/s1. The zero-order chi connectivity index (χ0) is 8.10. The molecule has 0 bridgehead atoms. The number of nitrogens with zero attached hydrogens (tertiary/aromatic N) is 1. The summed E-state index contributed by atoms with van der Waals surface area (Å²) in [5.74, 6) is 0. The third-order valence-corrected chi connectivity index (χ3v) is 1.86. The average molecular weight is 172 g/mol. The lowest BCUT2D eigenvalue weighted by Crippen LogP contribution is -2.23. The normalized spacial score (nSPS) is 13.3. The molecule has 62 valence electrons. The maximum atomic E-state index is 8.90. The molecule has 1 aromatic heterocycles. The average Bonchev–Trinajstić information content (AvgIpc) is 2.39. The molecular formula is C7H12N2OS. The van der Waals surface area contributed by atoms with Crippen LogP contribution in [0.4, 0.5) is 0 Å². The van der Waals surface area contributed by atoms with Gasteiger partial charge in [-0.25, -0.2) is 4.98 Å². The van der Waals surface area contributed by atoms with E-state index in [1.807, 2.05) is 5.38 Å². The topological polar surface area (TPSA) is 45.1 Å². The van der Waals surface area contributed by atoms with Gasteiger partial charge in [-0.05, 0) is 6.92 Å². The Balaban J connectivity index is 2.14. The Hall–Kier alpha value is -0.450. The maximum absolute atomic E-state index is 8.90. The van der Waals surface area contributed by atoms with E-state index in [1.165, 1.54) is 0 Å². The van der Waals surface area contributed by atoms with E-state index < -0.39 is 0 Å². The molecule has 0 aliphatic heterocycles. The van der Waals surface area contributed by atoms with Crippen molar-refractivity contribution in [2.75, 3.05) is 6.54 Å². The molecule has 0 aromatic carbocycles. The van der Waals surface area contributed by atoms with Gasteiger partial charge in [0, 0.05) is 18.5 Å².